The summed E-state index contributed by atoms with van der Waals surface area (Å²) < 4.78 is 4.92. The molecule has 1 aliphatic heterocycles. The minimum absolute atomic E-state index is 0.0268. The first kappa shape index (κ1) is 19.3. The van der Waals surface area contributed by atoms with E-state index in [0.717, 1.165) is 19.2 Å². The van der Waals surface area contributed by atoms with Gasteiger partial charge in [0.2, 0.25) is 0 Å². The molecule has 0 spiro atoms. The Morgan fingerprint density at radius 2 is 1.74 bits per heavy atom. The molecule has 1 saturated carbocycles. The van der Waals surface area contributed by atoms with Gasteiger partial charge in [0.15, 0.2) is 0 Å². The van der Waals surface area contributed by atoms with Crippen molar-refractivity contribution in [2.45, 2.75) is 38.6 Å². The molecule has 27 heavy (non-hydrogen) atoms. The summed E-state index contributed by atoms with van der Waals surface area (Å²) in [6, 6.07) is 4.38. The summed E-state index contributed by atoms with van der Waals surface area (Å²) in [5.41, 5.74) is -0.103. The van der Waals surface area contributed by atoms with Crippen LogP contribution in [0.15, 0.2) is 18.2 Å². The van der Waals surface area contributed by atoms with Crippen LogP contribution in [-0.2, 0) is 4.74 Å². The van der Waals surface area contributed by atoms with Crippen molar-refractivity contribution < 1.29 is 19.2 Å². The number of nitrogens with zero attached hydrogens (tertiary/aromatic N) is 3. The third-order valence-corrected chi connectivity index (χ3v) is 5.33. The zero-order valence-corrected chi connectivity index (χ0v) is 15.6. The zero-order valence-electron chi connectivity index (χ0n) is 15.6. The Kier molecular flexibility index (Phi) is 6.05. The zero-order chi connectivity index (χ0) is 19.4. The van der Waals surface area contributed by atoms with Crippen molar-refractivity contribution in [3.63, 3.8) is 0 Å². The molecule has 0 N–H and O–H groups in total. The van der Waals surface area contributed by atoms with E-state index in [1.165, 1.54) is 37.8 Å². The van der Waals surface area contributed by atoms with Gasteiger partial charge in [0, 0.05) is 49.9 Å². The predicted molar refractivity (Wildman–Crippen MR) is 98.8 cm³/mol. The Bertz CT molecular complexity index is 722. The molecule has 3 rings (SSSR count). The lowest BCUT2D eigenvalue weighted by molar-refractivity contribution is -0.384. The molecule has 2 aliphatic rings. The van der Waals surface area contributed by atoms with Gasteiger partial charge in [0.1, 0.15) is 0 Å². The number of nitro benzene ring substituents is 1. The van der Waals surface area contributed by atoms with Crippen LogP contribution < -0.4 is 0 Å². The molecule has 0 unspecified atom stereocenters. The number of piperazine rings is 1. The van der Waals surface area contributed by atoms with Crippen molar-refractivity contribution >= 4 is 17.6 Å². The smallest absolute Gasteiger partial charge is 0.338 e. The van der Waals surface area contributed by atoms with Crippen molar-refractivity contribution in [3.05, 3.63) is 39.4 Å². The van der Waals surface area contributed by atoms with Crippen LogP contribution >= 0.6 is 0 Å². The van der Waals surface area contributed by atoms with Gasteiger partial charge in [-0.3, -0.25) is 19.8 Å². The third-order valence-electron chi connectivity index (χ3n) is 5.33. The summed E-state index contributed by atoms with van der Waals surface area (Å²) in [6.45, 7) is 4.63. The maximum atomic E-state index is 12.9. The van der Waals surface area contributed by atoms with E-state index >= 15 is 0 Å². The molecule has 0 bridgehead atoms. The van der Waals surface area contributed by atoms with E-state index in [0.29, 0.717) is 19.1 Å². The SMILES string of the molecule is CCOC(=O)c1cc(C(=O)N2CCN(C3CCCC3)CC2)cc([N+](=O)[O-])c1. The minimum Gasteiger partial charge on any atom is -0.462 e. The van der Waals surface area contributed by atoms with E-state index < -0.39 is 10.9 Å². The number of carbonyl (C=O) groups is 2. The highest BCUT2D eigenvalue weighted by Crippen LogP contribution is 2.25. The fourth-order valence-corrected chi connectivity index (χ4v) is 3.91. The van der Waals surface area contributed by atoms with Crippen LogP contribution in [0.25, 0.3) is 0 Å². The lowest BCUT2D eigenvalue weighted by Gasteiger charge is -2.38. The van der Waals surface area contributed by atoms with Crippen LogP contribution in [0.1, 0.15) is 53.3 Å². The van der Waals surface area contributed by atoms with E-state index in [2.05, 4.69) is 4.90 Å². The number of benzene rings is 1. The summed E-state index contributed by atoms with van der Waals surface area (Å²) in [5.74, 6) is -0.948. The Hall–Kier alpha value is -2.48. The van der Waals surface area contributed by atoms with Gasteiger partial charge >= 0.3 is 5.97 Å². The number of esters is 1. The summed E-state index contributed by atoms with van der Waals surface area (Å²) in [6.07, 6.45) is 4.99. The first-order valence-corrected chi connectivity index (χ1v) is 9.49. The fraction of sp³-hybridized carbons (Fsp3) is 0.579. The molecule has 1 aliphatic carbocycles. The largest absolute Gasteiger partial charge is 0.462 e. The summed E-state index contributed by atoms with van der Waals surface area (Å²) in [5, 5.41) is 11.2. The minimum atomic E-state index is -0.665. The standard InChI is InChI=1S/C19H25N3O5/c1-2-27-19(24)15-11-14(12-17(13-15)22(25)26)18(23)21-9-7-20(8-10-21)16-5-3-4-6-16/h11-13,16H,2-10H2,1H3. The molecule has 1 amide bonds. The van der Waals surface area contributed by atoms with Crippen molar-refractivity contribution in [3.8, 4) is 0 Å². The number of ether oxygens (including phenoxy) is 1. The number of nitro groups is 1. The highest BCUT2D eigenvalue weighted by atomic mass is 16.6. The molecule has 1 heterocycles. The average Bonchev–Trinajstić information content (AvgIpc) is 3.22. The second kappa shape index (κ2) is 8.47. The van der Waals surface area contributed by atoms with Crippen LogP contribution in [0.2, 0.25) is 0 Å². The summed E-state index contributed by atoms with van der Waals surface area (Å²) >= 11 is 0. The maximum Gasteiger partial charge on any atom is 0.338 e. The number of amides is 1. The molecule has 0 aromatic heterocycles. The molecule has 8 nitrogen and oxygen atoms in total. The molecule has 1 aromatic rings. The second-order valence-electron chi connectivity index (χ2n) is 7.01. The van der Waals surface area contributed by atoms with Gasteiger partial charge < -0.3 is 9.64 Å². The molecule has 1 saturated heterocycles. The van der Waals surface area contributed by atoms with Crippen LogP contribution in [0.3, 0.4) is 0 Å². The van der Waals surface area contributed by atoms with Crippen molar-refractivity contribution in [2.24, 2.45) is 0 Å². The lowest BCUT2D eigenvalue weighted by Crippen LogP contribution is -2.51. The first-order valence-electron chi connectivity index (χ1n) is 9.49. The fourth-order valence-electron chi connectivity index (χ4n) is 3.91. The molecule has 1 aromatic carbocycles. The van der Waals surface area contributed by atoms with Crippen LogP contribution in [0, 0.1) is 10.1 Å². The molecular weight excluding hydrogens is 350 g/mol. The second-order valence-corrected chi connectivity index (χ2v) is 7.01. The number of hydrogen-bond donors (Lipinski definition) is 0. The van der Waals surface area contributed by atoms with Crippen LogP contribution in [-0.4, -0.2) is 65.4 Å². The molecule has 2 fully saturated rings. The third kappa shape index (κ3) is 4.44. The predicted octanol–water partition coefficient (Wildman–Crippen LogP) is 2.47. The maximum absolute atomic E-state index is 12.9. The van der Waals surface area contributed by atoms with E-state index in [9.17, 15) is 19.7 Å². The quantitative estimate of drug-likeness (QED) is 0.446. The number of rotatable bonds is 5. The lowest BCUT2D eigenvalue weighted by atomic mass is 10.1. The van der Waals surface area contributed by atoms with Gasteiger partial charge in [-0.25, -0.2) is 4.79 Å². The number of hydrogen-bond acceptors (Lipinski definition) is 6. The number of non-ortho nitro benzene ring substituents is 1. The molecule has 0 radical (unpaired) electrons. The van der Waals surface area contributed by atoms with Gasteiger partial charge in [0.05, 0.1) is 17.1 Å². The highest BCUT2D eigenvalue weighted by Gasteiger charge is 2.29. The van der Waals surface area contributed by atoms with Gasteiger partial charge in [-0.2, -0.15) is 0 Å². The Labute approximate surface area is 158 Å². The Morgan fingerprint density at radius 1 is 1.11 bits per heavy atom. The topological polar surface area (TPSA) is 93.0 Å². The highest BCUT2D eigenvalue weighted by molar-refractivity contribution is 5.99. The van der Waals surface area contributed by atoms with Crippen molar-refractivity contribution in [1.29, 1.82) is 0 Å². The van der Waals surface area contributed by atoms with Crippen molar-refractivity contribution in [2.75, 3.05) is 32.8 Å². The van der Waals surface area contributed by atoms with Gasteiger partial charge in [0.25, 0.3) is 11.6 Å². The normalized spacial score (nSPS) is 18.5. The van der Waals surface area contributed by atoms with Crippen LogP contribution in [0.4, 0.5) is 5.69 Å². The average molecular weight is 375 g/mol. The summed E-state index contributed by atoms with van der Waals surface area (Å²) in [7, 11) is 0. The van der Waals surface area contributed by atoms with E-state index in [1.54, 1.807) is 11.8 Å². The summed E-state index contributed by atoms with van der Waals surface area (Å²) in [4.78, 5) is 39.6. The van der Waals surface area contributed by atoms with E-state index in [-0.39, 0.29) is 29.3 Å². The van der Waals surface area contributed by atoms with Gasteiger partial charge in [-0.15, -0.1) is 0 Å². The van der Waals surface area contributed by atoms with Crippen molar-refractivity contribution in [1.82, 2.24) is 9.80 Å². The van der Waals surface area contributed by atoms with Crippen LogP contribution in [0.5, 0.6) is 0 Å². The van der Waals surface area contributed by atoms with Gasteiger partial charge in [-0.1, -0.05) is 12.8 Å². The Balaban J connectivity index is 1.73. The molecule has 8 heteroatoms. The monoisotopic (exact) mass is 375 g/mol. The number of carbonyl (C=O) groups excluding carboxylic acids is 2. The Morgan fingerprint density at radius 3 is 2.33 bits per heavy atom. The molecule has 0 atom stereocenters. The molecular formula is C19H25N3O5. The van der Waals surface area contributed by atoms with E-state index in [1.807, 2.05) is 0 Å². The van der Waals surface area contributed by atoms with E-state index in [4.69, 9.17) is 4.74 Å². The first-order chi connectivity index (χ1) is 13.0. The van der Waals surface area contributed by atoms with Gasteiger partial charge in [-0.05, 0) is 25.8 Å². The molecule has 146 valence electrons.